The van der Waals surface area contributed by atoms with E-state index in [1.165, 1.54) is 43.0 Å². The van der Waals surface area contributed by atoms with Crippen molar-refractivity contribution in [1.29, 1.82) is 10.5 Å². The van der Waals surface area contributed by atoms with E-state index in [0.717, 1.165) is 58.0 Å². The van der Waals surface area contributed by atoms with Crippen molar-refractivity contribution in [3.05, 3.63) is 168 Å². The smallest absolute Gasteiger partial charge is 0.351 e. The number of aliphatic hydroxyl groups is 12. The monoisotopic (exact) mass is 1780 g/mol. The molecule has 0 radical (unpaired) electrons. The van der Waals surface area contributed by atoms with Gasteiger partial charge in [-0.3, -0.25) is 56.7 Å². The van der Waals surface area contributed by atoms with Gasteiger partial charge in [-0.05, 0) is 18.2 Å². The number of aliphatic hydroxyl groups excluding tert-OH is 12. The van der Waals surface area contributed by atoms with Gasteiger partial charge in [-0.1, -0.05) is 0 Å². The molecule has 0 spiro atoms. The van der Waals surface area contributed by atoms with Crippen molar-refractivity contribution >= 4 is 110 Å². The number of halogens is 10. The van der Waals surface area contributed by atoms with Gasteiger partial charge >= 0.3 is 34.1 Å². The van der Waals surface area contributed by atoms with E-state index in [9.17, 15) is 108 Å². The number of nitrogens with zero attached hydrogens (tertiary/aromatic N) is 11. The van der Waals surface area contributed by atoms with Gasteiger partial charge in [-0.2, -0.15) is 25.5 Å². The topological polar surface area (TPSA) is 693 Å². The molecule has 6 aliphatic heterocycles. The van der Waals surface area contributed by atoms with Gasteiger partial charge in [0, 0.05) is 55.4 Å². The summed E-state index contributed by atoms with van der Waals surface area (Å²) in [5.74, 6) is -0.245. The first-order valence-electron chi connectivity index (χ1n) is 32.4. The Bertz CT molecular complexity index is 4770. The van der Waals surface area contributed by atoms with E-state index in [-0.39, 0.29) is 29.2 Å². The zero-order chi connectivity index (χ0) is 85.2. The number of alkyl halides is 10. The maximum Gasteiger partial charge on any atom is 0.351 e. The Balaban J connectivity index is 0.000000189. The van der Waals surface area contributed by atoms with Crippen molar-refractivity contribution < 1.29 is 98.5 Å². The Morgan fingerprint density at radius 1 is 0.377 bits per heavy atom. The van der Waals surface area contributed by atoms with Crippen LogP contribution in [-0.2, 0) is 28.4 Å². The fourth-order valence-electron chi connectivity index (χ4n) is 11.5. The second-order valence-corrected chi connectivity index (χ2v) is 28.9. The summed E-state index contributed by atoms with van der Waals surface area (Å²) in [4.78, 5) is 119. The van der Waals surface area contributed by atoms with Gasteiger partial charge in [-0.25, -0.2) is 37.5 Å². The third kappa shape index (κ3) is 18.7. The van der Waals surface area contributed by atoms with Crippen LogP contribution in [0.3, 0.4) is 0 Å². The molecular weight excluding hydrogens is 1710 g/mol. The van der Waals surface area contributed by atoms with Crippen LogP contribution in [-0.4, -0.2) is 286 Å². The first-order valence-corrected chi connectivity index (χ1v) is 36.1. The molecule has 0 aromatic carbocycles. The lowest BCUT2D eigenvalue weighted by atomic mass is 9.99. The summed E-state index contributed by atoms with van der Waals surface area (Å²) in [6.07, 6.45) is -7.58. The maximum atomic E-state index is 13.0. The molecule has 0 unspecified atom stereocenters. The molecular formula is C60H71Cl8F2N17O27. The Labute approximate surface area is 674 Å². The first-order chi connectivity index (χ1) is 53.7. The molecule has 6 aromatic heterocycles. The highest BCUT2D eigenvalue weighted by atomic mass is 35.5. The van der Waals surface area contributed by atoms with Crippen LogP contribution in [0.2, 0.25) is 0 Å². The van der Waals surface area contributed by atoms with Gasteiger partial charge in [0.25, 0.3) is 16.7 Å². The van der Waals surface area contributed by atoms with Crippen molar-refractivity contribution in [3.8, 4) is 12.1 Å². The van der Waals surface area contributed by atoms with Crippen molar-refractivity contribution in [2.24, 2.45) is 0 Å². The van der Waals surface area contributed by atoms with Crippen LogP contribution in [0.1, 0.15) is 37.4 Å². The van der Waals surface area contributed by atoms with Crippen LogP contribution < -0.4 is 68.0 Å². The number of ether oxygens (including phenoxy) is 6. The summed E-state index contributed by atoms with van der Waals surface area (Å²) >= 11 is 47.2. The molecule has 6 aliphatic rings. The van der Waals surface area contributed by atoms with Crippen LogP contribution in [0.5, 0.6) is 0 Å². The van der Waals surface area contributed by atoms with E-state index in [0.29, 0.717) is 0 Å². The molecule has 44 nitrogen and oxygen atoms in total. The third-order valence-electron chi connectivity index (χ3n) is 18.2. The van der Waals surface area contributed by atoms with Gasteiger partial charge in [0.2, 0.25) is 11.2 Å². The Kier molecular flexibility index (Phi) is 31.8. The minimum absolute atomic E-state index is 0.0184. The average molecular weight is 1780 g/mol. The van der Waals surface area contributed by atoms with Gasteiger partial charge in [-0.15, -0.1) is 92.8 Å². The van der Waals surface area contributed by atoms with E-state index in [2.05, 4.69) is 19.9 Å². The van der Waals surface area contributed by atoms with Gasteiger partial charge in [0.15, 0.2) is 37.4 Å². The van der Waals surface area contributed by atoms with E-state index in [1.54, 1.807) is 12.1 Å². The largest absolute Gasteiger partial charge is 0.393 e. The number of hydrogen-bond donors (Lipinski definition) is 18. The molecule has 12 heterocycles. The molecule has 114 heavy (non-hydrogen) atoms. The summed E-state index contributed by atoms with van der Waals surface area (Å²) < 4.78 is 63.9. The normalized spacial score (nSPS) is 34.5. The summed E-state index contributed by atoms with van der Waals surface area (Å²) in [7, 11) is 0. The Morgan fingerprint density at radius 3 is 0.789 bits per heavy atom. The number of anilines is 3. The van der Waals surface area contributed by atoms with Crippen molar-refractivity contribution in [2.45, 2.75) is 140 Å². The molecule has 0 aliphatic carbocycles. The fourth-order valence-corrected chi connectivity index (χ4v) is 14.4. The summed E-state index contributed by atoms with van der Waals surface area (Å²) in [5.41, 5.74) is -0.425. The van der Waals surface area contributed by atoms with E-state index in [4.69, 9.17) is 154 Å². The van der Waals surface area contributed by atoms with E-state index in [1.807, 2.05) is 9.97 Å². The molecule has 0 saturated carbocycles. The molecule has 0 bridgehead atoms. The molecule has 24 atom stereocenters. The van der Waals surface area contributed by atoms with Crippen molar-refractivity contribution in [1.82, 2.24) is 57.3 Å². The number of nitrogen functional groups attached to an aromatic ring is 3. The second kappa shape index (κ2) is 38.7. The quantitative estimate of drug-likeness (QED) is 0.0400. The van der Waals surface area contributed by atoms with Crippen LogP contribution in [0.25, 0.3) is 0 Å². The molecule has 0 amide bonds. The average Bonchev–Trinajstić information content (AvgIpc) is 1.65. The highest BCUT2D eigenvalue weighted by molar-refractivity contribution is 6.23. The standard InChI is InChI=1S/C10H13Cl2N3O4.C10H12Cl2N2O5.C10H13ClFN3O4.C10H12ClFN2O5.C10H11ClN4O4.C10H10ClN3O5/c11-3-10(4-16)7(17)6(12)8(19-10)15-2-1-5(13)14-9(15)18;11-3-10(4-15)7(17)6(12)8(19-10)14-2-1-5(16)13-9(14)18;11-6-7(17)10(3-12,4-16)19-8(6)15-2-1-5(13)14-9(15)18;11-6-7(17)10(3-12,4-15)19-8(6)14-2-1-5(16)13-9(14)18;11-6-7(17)10(3-12,4-16)19-8(6)15-2-1-5(13)14-9(15)18;11-6-7(17)10(3-12,4-15)19-8(6)14-2-1-5(16)13-9(14)18/h1-2,6-8,16-17H,3-4H2,(H2,13,14,18);1-2,6-8,15,17H,3-4H2,(H,13,16,18);1-2,6-8,16-17H,3-4H2,(H2,13,14,18);1-2,6-8,15,17H,3-4H2,(H,13,16,18);1-2,6-8,16-17H,4H2,(H2,13,14,18);1-2,6-8,15,17H,4H2,(H,13,16,18)/t6*6-,7+,8-,10-/m111111/s1. The number of aromatic amines is 3. The van der Waals surface area contributed by atoms with Crippen LogP contribution in [0, 0.1) is 22.7 Å². The van der Waals surface area contributed by atoms with Gasteiger partial charge in [0.05, 0.1) is 51.4 Å². The highest BCUT2D eigenvalue weighted by Crippen LogP contribution is 2.45. The molecule has 21 N–H and O–H groups in total. The third-order valence-corrected chi connectivity index (χ3v) is 21.8. The summed E-state index contributed by atoms with van der Waals surface area (Å²) in [5, 5.41) is 126. The second-order valence-electron chi connectivity index (χ2n) is 25.3. The number of H-pyrrole nitrogens is 3. The lowest BCUT2D eigenvalue weighted by molar-refractivity contribution is -0.137. The number of rotatable bonds is 16. The highest BCUT2D eigenvalue weighted by Gasteiger charge is 2.60. The molecule has 6 fully saturated rings. The predicted molar refractivity (Wildman–Crippen MR) is 391 cm³/mol. The van der Waals surface area contributed by atoms with Crippen molar-refractivity contribution in [3.63, 3.8) is 0 Å². The number of nitrogens with two attached hydrogens (primary N) is 3. The predicted octanol–water partition coefficient (Wildman–Crippen LogP) is -7.08. The van der Waals surface area contributed by atoms with E-state index >= 15 is 0 Å². The number of aromatic nitrogens is 12. The van der Waals surface area contributed by atoms with Crippen molar-refractivity contribution in [2.75, 3.05) is 82.0 Å². The van der Waals surface area contributed by atoms with Crippen LogP contribution >= 0.6 is 92.8 Å². The first kappa shape index (κ1) is 93.7. The van der Waals surface area contributed by atoms with Crippen LogP contribution in [0.15, 0.2) is 117 Å². The lowest BCUT2D eigenvalue weighted by Gasteiger charge is -2.27. The van der Waals surface area contributed by atoms with Gasteiger partial charge in [0.1, 0.15) is 134 Å². The Morgan fingerprint density at radius 2 is 0.596 bits per heavy atom. The minimum atomic E-state index is -1.90. The zero-order valence-corrected chi connectivity index (χ0v) is 63.9. The lowest BCUT2D eigenvalue weighted by Crippen LogP contribution is -2.47. The minimum Gasteiger partial charge on any atom is -0.393 e. The van der Waals surface area contributed by atoms with E-state index < -0.39 is 244 Å². The molecule has 12 rings (SSSR count). The SMILES string of the molecule is N#C[C@]1(CO)O[C@@H](n2ccc(=O)[nH]c2=O)[C@H](Cl)[C@@H]1O.N#C[C@]1(CO)O[C@@H](n2ccc(N)nc2=O)[C@H](Cl)[C@@H]1O.Nc1ccn([C@@H]2O[C@@](CO)(CCl)[C@@H](O)[C@H]2Cl)c(=O)n1.Nc1ccn([C@@H]2O[C@@](CO)(CF)[C@@H](O)[C@H]2Cl)c(=O)n1.O=c1ccn([C@@H]2O[C@@](CO)(CCl)[C@@H](O)[C@H]2Cl)c(=O)[nH]1.O=c1ccn([C@@H]2O[C@@](CO)(CF)[C@@H](O)[C@H]2Cl)c(=O)[nH]1. The fraction of sp³-hybridized carbons (Fsp3) is 0.567. The number of hydrogen-bond acceptors (Lipinski definition) is 35. The number of nitrogens with one attached hydrogen (secondary N) is 3. The maximum absolute atomic E-state index is 13.0. The summed E-state index contributed by atoms with van der Waals surface area (Å²) in [6.45, 7) is -6.44. The summed E-state index contributed by atoms with van der Waals surface area (Å²) in [6, 6.07) is 10.7. The van der Waals surface area contributed by atoms with Gasteiger partial charge < -0.3 is 107 Å². The zero-order valence-electron chi connectivity index (χ0n) is 57.8. The molecule has 54 heteroatoms. The van der Waals surface area contributed by atoms with Crippen LogP contribution in [0.4, 0.5) is 26.2 Å². The molecule has 6 aromatic rings. The molecule has 6 saturated heterocycles. The molecule has 628 valence electrons. The Hall–Kier alpha value is -7.48. The number of nitriles is 2.